The van der Waals surface area contributed by atoms with Crippen molar-refractivity contribution in [2.24, 2.45) is 0 Å². The smallest absolute Gasteiger partial charge is 0.337 e. The molecule has 0 bridgehead atoms. The molecule has 3 aliphatic rings. The monoisotopic (exact) mass is 586 g/mol. The van der Waals surface area contributed by atoms with Crippen LogP contribution >= 0.6 is 11.9 Å². The molecule has 1 spiro atoms. The number of carbonyl (C=O) groups is 2. The molecule has 9 nitrogen and oxygen atoms in total. The zero-order valence-electron chi connectivity index (χ0n) is 23.2. The minimum atomic E-state index is -1.03. The Morgan fingerprint density at radius 3 is 2.67 bits per heavy atom. The van der Waals surface area contributed by atoms with E-state index in [4.69, 9.17) is 26.0 Å². The molecular weight excluding hydrogens is 556 g/mol. The first-order valence-corrected chi connectivity index (χ1v) is 14.6. The lowest BCUT2D eigenvalue weighted by Crippen LogP contribution is -2.50. The maximum Gasteiger partial charge on any atom is 0.337 e. The molecule has 2 aromatic heterocycles. The Labute approximate surface area is 248 Å². The standard InChI is InChI=1S/C32H31ClN4O5/c1-34-25-18-37(22-4-5-22)26-12-19(13-29(42-33)30(25)26)17-36-10-8-32(9-11-36)15-27(38)23-14-20(3-7-28(23)41-32)24-6-2-21(16-35-24)31(39)40/h2-3,6-7,12-14,16,18,22,34H,4-5,8-11,15,17H2,1H3,(H,39,40). The van der Waals surface area contributed by atoms with Gasteiger partial charge in [-0.15, -0.1) is 0 Å². The molecule has 0 atom stereocenters. The maximum atomic E-state index is 13.3. The van der Waals surface area contributed by atoms with Crippen LogP contribution in [0.4, 0.5) is 5.69 Å². The van der Waals surface area contributed by atoms with E-state index in [1.807, 2.05) is 25.2 Å². The van der Waals surface area contributed by atoms with E-state index in [1.54, 1.807) is 12.1 Å². The predicted molar refractivity (Wildman–Crippen MR) is 160 cm³/mol. The number of benzene rings is 2. The van der Waals surface area contributed by atoms with Gasteiger partial charge in [-0.3, -0.25) is 14.7 Å². The number of pyridine rings is 1. The molecule has 4 aromatic rings. The van der Waals surface area contributed by atoms with Crippen LogP contribution in [0, 0.1) is 0 Å². The minimum absolute atomic E-state index is 0.0595. The van der Waals surface area contributed by atoms with Gasteiger partial charge in [0.15, 0.2) is 11.5 Å². The number of anilines is 1. The van der Waals surface area contributed by atoms with Crippen molar-refractivity contribution in [2.75, 3.05) is 25.5 Å². The number of halogens is 1. The van der Waals surface area contributed by atoms with Gasteiger partial charge in [0.05, 0.1) is 39.8 Å². The summed E-state index contributed by atoms with van der Waals surface area (Å²) < 4.78 is 14.2. The fourth-order valence-electron chi connectivity index (χ4n) is 6.40. The Hall–Kier alpha value is -4.08. The van der Waals surface area contributed by atoms with Gasteiger partial charge in [-0.2, -0.15) is 0 Å². The number of likely N-dealkylation sites (tertiary alicyclic amines) is 1. The van der Waals surface area contributed by atoms with E-state index >= 15 is 0 Å². The minimum Gasteiger partial charge on any atom is -0.486 e. The number of carbonyl (C=O) groups excluding carboxylic acids is 1. The van der Waals surface area contributed by atoms with Crippen molar-refractivity contribution in [3.05, 3.63) is 71.5 Å². The first-order chi connectivity index (χ1) is 20.4. The van der Waals surface area contributed by atoms with Gasteiger partial charge < -0.3 is 24.0 Å². The van der Waals surface area contributed by atoms with Crippen molar-refractivity contribution in [1.82, 2.24) is 14.5 Å². The van der Waals surface area contributed by atoms with Crippen LogP contribution in [0.15, 0.2) is 54.9 Å². The number of hydrogen-bond acceptors (Lipinski definition) is 7. The van der Waals surface area contributed by atoms with Crippen LogP contribution in [-0.4, -0.2) is 57.0 Å². The van der Waals surface area contributed by atoms with Crippen LogP contribution in [-0.2, 0) is 6.54 Å². The van der Waals surface area contributed by atoms with Gasteiger partial charge in [-0.25, -0.2) is 4.79 Å². The number of carboxylic acids is 1. The Morgan fingerprint density at radius 2 is 2.00 bits per heavy atom. The lowest BCUT2D eigenvalue weighted by Gasteiger charge is -2.44. The molecule has 2 aromatic carbocycles. The average Bonchev–Trinajstić information content (AvgIpc) is 3.78. The maximum absolute atomic E-state index is 13.3. The molecule has 1 saturated heterocycles. The number of rotatable bonds is 7. The van der Waals surface area contributed by atoms with E-state index in [0.717, 1.165) is 60.2 Å². The highest BCUT2D eigenvalue weighted by Gasteiger charge is 2.43. The molecule has 0 radical (unpaired) electrons. The summed E-state index contributed by atoms with van der Waals surface area (Å²) in [6.45, 7) is 2.37. The molecule has 2 fully saturated rings. The normalized spacial score (nSPS) is 18.1. The molecule has 216 valence electrons. The number of Topliss-reactive ketones (excluding diaryl/α,β-unsaturated/α-hetero) is 1. The van der Waals surface area contributed by atoms with Gasteiger partial charge in [0, 0.05) is 63.5 Å². The zero-order chi connectivity index (χ0) is 29.0. The number of ether oxygens (including phenoxy) is 1. The topological polar surface area (TPSA) is 106 Å². The molecule has 7 rings (SSSR count). The highest BCUT2D eigenvalue weighted by molar-refractivity contribution is 6.11. The van der Waals surface area contributed by atoms with Gasteiger partial charge in [0.25, 0.3) is 0 Å². The quantitative estimate of drug-likeness (QED) is 0.259. The van der Waals surface area contributed by atoms with Crippen molar-refractivity contribution in [3.63, 3.8) is 0 Å². The van der Waals surface area contributed by atoms with Gasteiger partial charge >= 0.3 is 5.97 Å². The summed E-state index contributed by atoms with van der Waals surface area (Å²) in [5, 5.41) is 13.4. The van der Waals surface area contributed by atoms with E-state index < -0.39 is 11.6 Å². The highest BCUT2D eigenvalue weighted by Crippen LogP contribution is 2.44. The van der Waals surface area contributed by atoms with Crippen molar-refractivity contribution in [2.45, 2.75) is 50.3 Å². The van der Waals surface area contributed by atoms with E-state index in [-0.39, 0.29) is 11.3 Å². The Bertz CT molecular complexity index is 1700. The van der Waals surface area contributed by atoms with E-state index in [2.05, 4.69) is 32.0 Å². The van der Waals surface area contributed by atoms with Crippen molar-refractivity contribution < 1.29 is 23.7 Å². The first kappa shape index (κ1) is 26.8. The van der Waals surface area contributed by atoms with Crippen LogP contribution in [0.25, 0.3) is 22.2 Å². The lowest BCUT2D eigenvalue weighted by atomic mass is 9.82. The van der Waals surface area contributed by atoms with E-state index in [1.165, 1.54) is 25.1 Å². The second-order valence-corrected chi connectivity index (χ2v) is 11.8. The fraction of sp³-hybridized carbons (Fsp3) is 0.344. The van der Waals surface area contributed by atoms with Gasteiger partial charge in [0.1, 0.15) is 23.2 Å². The number of hydrogen-bond donors (Lipinski definition) is 2. The molecule has 0 unspecified atom stereocenters. The molecule has 0 amide bonds. The van der Waals surface area contributed by atoms with Gasteiger partial charge in [-0.1, -0.05) is 0 Å². The second kappa shape index (κ2) is 10.3. The molecular formula is C32H31ClN4O5. The predicted octanol–water partition coefficient (Wildman–Crippen LogP) is 6.31. The summed E-state index contributed by atoms with van der Waals surface area (Å²) >= 11 is 5.94. The molecule has 1 saturated carbocycles. The van der Waals surface area contributed by atoms with Crippen molar-refractivity contribution in [1.29, 1.82) is 0 Å². The van der Waals surface area contributed by atoms with Crippen LogP contribution in [0.2, 0.25) is 0 Å². The lowest BCUT2D eigenvalue weighted by molar-refractivity contribution is -0.0107. The number of aromatic carboxylic acids is 1. The Balaban J connectivity index is 1.06. The Morgan fingerprint density at radius 1 is 1.19 bits per heavy atom. The summed E-state index contributed by atoms with van der Waals surface area (Å²) in [5.74, 6) is 0.290. The zero-order valence-corrected chi connectivity index (χ0v) is 24.0. The molecule has 10 heteroatoms. The molecule has 2 aliphatic heterocycles. The number of piperidine rings is 1. The number of aromatic nitrogens is 2. The molecule has 4 heterocycles. The average molecular weight is 587 g/mol. The number of nitrogens with zero attached hydrogens (tertiary/aromatic N) is 3. The highest BCUT2D eigenvalue weighted by atomic mass is 35.5. The van der Waals surface area contributed by atoms with E-state index in [9.17, 15) is 9.59 Å². The molecule has 2 N–H and O–H groups in total. The Kier molecular flexibility index (Phi) is 6.59. The largest absolute Gasteiger partial charge is 0.486 e. The molecule has 42 heavy (non-hydrogen) atoms. The summed E-state index contributed by atoms with van der Waals surface area (Å²) in [4.78, 5) is 31.2. The third-order valence-electron chi connectivity index (χ3n) is 8.82. The van der Waals surface area contributed by atoms with Crippen molar-refractivity contribution >= 4 is 40.2 Å². The number of nitrogens with one attached hydrogen (secondary N) is 1. The number of fused-ring (bicyclic) bond motifs is 2. The second-order valence-electron chi connectivity index (χ2n) is 11.6. The van der Waals surface area contributed by atoms with Crippen LogP contribution < -0.4 is 14.3 Å². The summed E-state index contributed by atoms with van der Waals surface area (Å²) in [5.41, 5.74) is 4.80. The number of carboxylic acid groups (broad SMARTS) is 1. The van der Waals surface area contributed by atoms with Gasteiger partial charge in [-0.05, 0) is 60.9 Å². The first-order valence-electron chi connectivity index (χ1n) is 14.3. The fourth-order valence-corrected chi connectivity index (χ4v) is 6.52. The molecule has 1 aliphatic carbocycles. The summed E-state index contributed by atoms with van der Waals surface area (Å²) in [6, 6.07) is 13.5. The third-order valence-corrected chi connectivity index (χ3v) is 8.98. The third kappa shape index (κ3) is 4.76. The summed E-state index contributed by atoms with van der Waals surface area (Å²) in [7, 11) is 1.91. The number of ketones is 1. The SMILES string of the molecule is CNc1cn(C2CC2)c2cc(CN3CCC4(CC3)CC(=O)c3cc(-c5ccc(C(=O)O)cn5)ccc3O4)cc(OCl)c12. The van der Waals surface area contributed by atoms with Crippen LogP contribution in [0.1, 0.15) is 64.4 Å². The van der Waals surface area contributed by atoms with Crippen LogP contribution in [0.5, 0.6) is 11.5 Å². The van der Waals surface area contributed by atoms with Crippen molar-refractivity contribution in [3.8, 4) is 22.8 Å². The summed E-state index contributed by atoms with van der Waals surface area (Å²) in [6.07, 6.45) is 7.68. The van der Waals surface area contributed by atoms with E-state index in [0.29, 0.717) is 35.2 Å². The van der Waals surface area contributed by atoms with Gasteiger partial charge in [0.2, 0.25) is 0 Å². The van der Waals surface area contributed by atoms with Crippen LogP contribution in [0.3, 0.4) is 0 Å².